The normalized spacial score (nSPS) is 22.8. The number of hydrogen-bond acceptors (Lipinski definition) is 8. The number of aryl methyl sites for hydroxylation is 1. The molecule has 9 heteroatoms. The van der Waals surface area contributed by atoms with Crippen LogP contribution in [0.2, 0.25) is 0 Å². The molecule has 2 aromatic rings. The second kappa shape index (κ2) is 8.30. The fourth-order valence-electron chi connectivity index (χ4n) is 3.38. The summed E-state index contributed by atoms with van der Waals surface area (Å²) in [6, 6.07) is 2.09. The summed E-state index contributed by atoms with van der Waals surface area (Å²) in [6.07, 6.45) is 2.13. The molecule has 1 saturated carbocycles. The molecule has 2 aromatic heterocycles. The number of methoxy groups -OCH3 is 1. The molecule has 9 nitrogen and oxygen atoms in total. The van der Waals surface area contributed by atoms with Crippen LogP contribution in [0.5, 0.6) is 0 Å². The number of hydrogen-bond donors (Lipinski definition) is 2. The summed E-state index contributed by atoms with van der Waals surface area (Å²) >= 11 is 0. The van der Waals surface area contributed by atoms with Gasteiger partial charge in [0.1, 0.15) is 11.5 Å². The third-order valence-corrected chi connectivity index (χ3v) is 4.96. The van der Waals surface area contributed by atoms with Gasteiger partial charge in [-0.1, -0.05) is 31.0 Å². The topological polar surface area (TPSA) is 115 Å². The van der Waals surface area contributed by atoms with E-state index < -0.39 is 0 Å². The maximum absolute atomic E-state index is 12.6. The van der Waals surface area contributed by atoms with Crippen molar-refractivity contribution < 1.29 is 18.5 Å². The van der Waals surface area contributed by atoms with Gasteiger partial charge < -0.3 is 24.3 Å². The molecule has 1 fully saturated rings. The summed E-state index contributed by atoms with van der Waals surface area (Å²) in [5.41, 5.74) is 0.494. The fraction of sp³-hybridized carbons (Fsp3) is 0.684. The van der Waals surface area contributed by atoms with Gasteiger partial charge in [0.15, 0.2) is 0 Å². The van der Waals surface area contributed by atoms with Crippen molar-refractivity contribution in [2.45, 2.75) is 71.1 Å². The number of aromatic nitrogens is 3. The predicted molar refractivity (Wildman–Crippen MR) is 102 cm³/mol. The lowest BCUT2D eigenvalue weighted by Crippen LogP contribution is -2.45. The van der Waals surface area contributed by atoms with Crippen LogP contribution in [-0.2, 0) is 21.5 Å². The van der Waals surface area contributed by atoms with Crippen molar-refractivity contribution in [1.82, 2.24) is 20.7 Å². The Morgan fingerprint density at radius 2 is 2.11 bits per heavy atom. The van der Waals surface area contributed by atoms with Crippen molar-refractivity contribution >= 4 is 11.9 Å². The number of ether oxygens (including phenoxy) is 1. The summed E-state index contributed by atoms with van der Waals surface area (Å²) in [7, 11) is 1.68. The minimum absolute atomic E-state index is 0.00270. The Balaban J connectivity index is 1.60. The van der Waals surface area contributed by atoms with Gasteiger partial charge in [0.05, 0.1) is 18.7 Å². The van der Waals surface area contributed by atoms with Crippen LogP contribution in [0.3, 0.4) is 0 Å². The van der Waals surface area contributed by atoms with Gasteiger partial charge in [-0.25, -0.2) is 0 Å². The average Bonchev–Trinajstić information content (AvgIpc) is 3.28. The number of rotatable bonds is 6. The highest BCUT2D eigenvalue weighted by molar-refractivity contribution is 5.78. The average molecular weight is 391 g/mol. The van der Waals surface area contributed by atoms with Gasteiger partial charge in [-0.3, -0.25) is 4.79 Å². The highest BCUT2D eigenvalue weighted by Gasteiger charge is 2.35. The molecule has 0 saturated heterocycles. The fourth-order valence-corrected chi connectivity index (χ4v) is 3.38. The van der Waals surface area contributed by atoms with E-state index in [0.29, 0.717) is 30.6 Å². The number of nitrogens with zero attached hydrogens (tertiary/aromatic N) is 3. The largest absolute Gasteiger partial charge is 0.408 e. The molecule has 0 radical (unpaired) electrons. The molecular formula is C19H29N5O4. The lowest BCUT2D eigenvalue weighted by molar-refractivity contribution is -0.127. The van der Waals surface area contributed by atoms with Crippen molar-refractivity contribution in [2.24, 2.45) is 5.92 Å². The van der Waals surface area contributed by atoms with Crippen LogP contribution in [-0.4, -0.2) is 40.5 Å². The van der Waals surface area contributed by atoms with Gasteiger partial charge in [0.2, 0.25) is 11.8 Å². The molecule has 1 aliphatic carbocycles. The zero-order chi connectivity index (χ0) is 20.3. The molecule has 0 spiro atoms. The maximum atomic E-state index is 12.6. The van der Waals surface area contributed by atoms with Gasteiger partial charge in [-0.15, -0.1) is 5.10 Å². The molecule has 154 valence electrons. The number of anilines is 1. The third kappa shape index (κ3) is 4.89. The van der Waals surface area contributed by atoms with Gasteiger partial charge >= 0.3 is 6.01 Å². The van der Waals surface area contributed by atoms with Crippen molar-refractivity contribution in [3.63, 3.8) is 0 Å². The van der Waals surface area contributed by atoms with Crippen LogP contribution in [0.4, 0.5) is 6.01 Å². The van der Waals surface area contributed by atoms with E-state index in [9.17, 15) is 4.79 Å². The second-order valence-corrected chi connectivity index (χ2v) is 8.34. The molecule has 3 rings (SSSR count). The first kappa shape index (κ1) is 20.3. The molecule has 28 heavy (non-hydrogen) atoms. The quantitative estimate of drug-likeness (QED) is 0.772. The Hall–Kier alpha value is -2.42. The standard InChI is InChI=1S/C19H29N5O4/c1-11-8-13(24-28-11)10-20-16(25)12-6-7-15(26-5)14(9-12)21-18-23-22-17(27-18)19(2,3)4/h8,12,14-15H,6-7,9-10H2,1-5H3,(H,20,25)(H,21,23)/t12-,14+,15+/m0/s1. The Morgan fingerprint density at radius 1 is 1.32 bits per heavy atom. The minimum Gasteiger partial charge on any atom is -0.408 e. The van der Waals surface area contributed by atoms with Crippen LogP contribution in [0.1, 0.15) is 57.4 Å². The van der Waals surface area contributed by atoms with E-state index in [4.69, 9.17) is 13.7 Å². The van der Waals surface area contributed by atoms with Crippen molar-refractivity contribution in [3.05, 3.63) is 23.4 Å². The minimum atomic E-state index is -0.220. The molecule has 0 bridgehead atoms. The lowest BCUT2D eigenvalue weighted by atomic mass is 9.83. The molecule has 2 N–H and O–H groups in total. The molecular weight excluding hydrogens is 362 g/mol. The molecule has 1 aliphatic rings. The molecule has 2 heterocycles. The van der Waals surface area contributed by atoms with Crippen LogP contribution in [0, 0.1) is 12.8 Å². The van der Waals surface area contributed by atoms with Gasteiger partial charge in [-0.05, 0) is 26.2 Å². The number of carbonyl (C=O) groups excluding carboxylic acids is 1. The predicted octanol–water partition coefficient (Wildman–Crippen LogP) is 2.58. The van der Waals surface area contributed by atoms with Gasteiger partial charge in [0, 0.05) is 24.5 Å². The highest BCUT2D eigenvalue weighted by Crippen LogP contribution is 2.30. The smallest absolute Gasteiger partial charge is 0.315 e. The van der Waals surface area contributed by atoms with E-state index in [1.165, 1.54) is 0 Å². The highest BCUT2D eigenvalue weighted by atomic mass is 16.5. The van der Waals surface area contributed by atoms with E-state index in [0.717, 1.165) is 18.6 Å². The van der Waals surface area contributed by atoms with Crippen LogP contribution >= 0.6 is 0 Å². The molecule has 3 atom stereocenters. The van der Waals surface area contributed by atoms with Crippen molar-refractivity contribution in [2.75, 3.05) is 12.4 Å². The van der Waals surface area contributed by atoms with E-state index >= 15 is 0 Å². The third-order valence-electron chi connectivity index (χ3n) is 4.96. The zero-order valence-corrected chi connectivity index (χ0v) is 17.1. The summed E-state index contributed by atoms with van der Waals surface area (Å²) in [5, 5.41) is 18.3. The second-order valence-electron chi connectivity index (χ2n) is 8.34. The summed E-state index contributed by atoms with van der Waals surface area (Å²) in [4.78, 5) is 12.6. The molecule has 1 amide bonds. The van der Waals surface area contributed by atoms with Crippen LogP contribution < -0.4 is 10.6 Å². The van der Waals surface area contributed by atoms with E-state index in [2.05, 4.69) is 26.0 Å². The Kier molecular flexibility index (Phi) is 6.02. The van der Waals surface area contributed by atoms with Crippen molar-refractivity contribution in [3.8, 4) is 0 Å². The monoisotopic (exact) mass is 391 g/mol. The first-order valence-electron chi connectivity index (χ1n) is 9.59. The van der Waals surface area contributed by atoms with E-state index in [-0.39, 0.29) is 29.4 Å². The number of carbonyl (C=O) groups is 1. The number of amides is 1. The van der Waals surface area contributed by atoms with Crippen molar-refractivity contribution in [1.29, 1.82) is 0 Å². The maximum Gasteiger partial charge on any atom is 0.315 e. The molecule has 0 aliphatic heterocycles. The number of nitrogens with one attached hydrogen (secondary N) is 2. The summed E-state index contributed by atoms with van der Waals surface area (Å²) < 4.78 is 16.4. The van der Waals surface area contributed by atoms with Crippen LogP contribution in [0.25, 0.3) is 0 Å². The van der Waals surface area contributed by atoms with Gasteiger partial charge in [0.25, 0.3) is 0 Å². The summed E-state index contributed by atoms with van der Waals surface area (Å²) in [5.74, 6) is 1.17. The molecule has 0 unspecified atom stereocenters. The summed E-state index contributed by atoms with van der Waals surface area (Å²) in [6.45, 7) is 8.22. The van der Waals surface area contributed by atoms with Gasteiger partial charge in [-0.2, -0.15) is 0 Å². The molecule has 0 aromatic carbocycles. The van der Waals surface area contributed by atoms with Crippen LogP contribution in [0.15, 0.2) is 15.0 Å². The first-order valence-corrected chi connectivity index (χ1v) is 9.59. The Bertz CT molecular complexity index is 794. The lowest BCUT2D eigenvalue weighted by Gasteiger charge is -2.34. The zero-order valence-electron chi connectivity index (χ0n) is 17.1. The van der Waals surface area contributed by atoms with E-state index in [1.807, 2.05) is 33.8 Å². The SMILES string of the molecule is CO[C@@H]1CC[C@H](C(=O)NCc2cc(C)on2)C[C@H]1Nc1nnc(C(C)(C)C)o1. The van der Waals surface area contributed by atoms with E-state index in [1.54, 1.807) is 7.11 Å². The first-order chi connectivity index (χ1) is 13.3. The Morgan fingerprint density at radius 3 is 2.71 bits per heavy atom. The Labute approximate surface area is 164 Å².